The molecule has 19 heavy (non-hydrogen) atoms. The van der Waals surface area contributed by atoms with Crippen molar-refractivity contribution >= 4 is 44.0 Å². The summed E-state index contributed by atoms with van der Waals surface area (Å²) in [6.45, 7) is 0. The summed E-state index contributed by atoms with van der Waals surface area (Å²) in [6, 6.07) is 12.2. The Morgan fingerprint density at radius 3 is 2.47 bits per heavy atom. The second kappa shape index (κ2) is 4.85. The summed E-state index contributed by atoms with van der Waals surface area (Å²) >= 11 is 3.55. The van der Waals surface area contributed by atoms with E-state index in [1.54, 1.807) is 6.20 Å². The normalized spacial score (nSPS) is 10.6. The SMILES string of the molecule is Nc1cnc(Nc2ccc(Br)c3ccccc23)cn1. The molecule has 1 aromatic heterocycles. The number of halogens is 1. The first-order chi connectivity index (χ1) is 9.24. The van der Waals surface area contributed by atoms with Gasteiger partial charge in [-0.2, -0.15) is 0 Å². The van der Waals surface area contributed by atoms with Gasteiger partial charge in [-0.3, -0.25) is 0 Å². The summed E-state index contributed by atoms with van der Waals surface area (Å²) in [7, 11) is 0. The quantitative estimate of drug-likeness (QED) is 0.756. The molecule has 3 aromatic rings. The number of benzene rings is 2. The average Bonchev–Trinajstić information content (AvgIpc) is 2.45. The molecule has 0 fully saturated rings. The van der Waals surface area contributed by atoms with E-state index in [4.69, 9.17) is 5.73 Å². The third-order valence-corrected chi connectivity index (χ3v) is 3.50. The Bertz CT molecular complexity index is 725. The molecule has 5 heteroatoms. The highest BCUT2D eigenvalue weighted by Crippen LogP contribution is 2.31. The van der Waals surface area contributed by atoms with E-state index in [0.29, 0.717) is 11.6 Å². The van der Waals surface area contributed by atoms with E-state index in [2.05, 4.69) is 43.3 Å². The molecule has 3 rings (SSSR count). The topological polar surface area (TPSA) is 63.8 Å². The summed E-state index contributed by atoms with van der Waals surface area (Å²) in [5.74, 6) is 1.08. The van der Waals surface area contributed by atoms with Gasteiger partial charge in [0.1, 0.15) is 11.6 Å². The van der Waals surface area contributed by atoms with Gasteiger partial charge >= 0.3 is 0 Å². The number of nitrogen functional groups attached to an aromatic ring is 1. The smallest absolute Gasteiger partial charge is 0.149 e. The fraction of sp³-hybridized carbons (Fsp3) is 0. The van der Waals surface area contributed by atoms with Crippen LogP contribution in [0.4, 0.5) is 17.3 Å². The minimum absolute atomic E-state index is 0.409. The van der Waals surface area contributed by atoms with Crippen LogP contribution in [0.3, 0.4) is 0 Å². The van der Waals surface area contributed by atoms with Crippen molar-refractivity contribution < 1.29 is 0 Å². The third kappa shape index (κ3) is 2.37. The molecule has 94 valence electrons. The van der Waals surface area contributed by atoms with Gasteiger partial charge in [-0.05, 0) is 17.5 Å². The molecule has 0 aliphatic carbocycles. The van der Waals surface area contributed by atoms with E-state index < -0.39 is 0 Å². The monoisotopic (exact) mass is 314 g/mol. The molecule has 2 aromatic carbocycles. The number of nitrogens with one attached hydrogen (secondary N) is 1. The largest absolute Gasteiger partial charge is 0.382 e. The van der Waals surface area contributed by atoms with E-state index in [1.165, 1.54) is 6.20 Å². The fourth-order valence-corrected chi connectivity index (χ4v) is 2.39. The van der Waals surface area contributed by atoms with Gasteiger partial charge in [0.15, 0.2) is 0 Å². The van der Waals surface area contributed by atoms with Gasteiger partial charge in [0.25, 0.3) is 0 Å². The zero-order valence-electron chi connectivity index (χ0n) is 9.97. The number of rotatable bonds is 2. The molecular weight excluding hydrogens is 304 g/mol. The number of hydrogen-bond acceptors (Lipinski definition) is 4. The van der Waals surface area contributed by atoms with Gasteiger partial charge in [-0.15, -0.1) is 0 Å². The molecule has 0 spiro atoms. The van der Waals surface area contributed by atoms with Crippen LogP contribution in [0.25, 0.3) is 10.8 Å². The van der Waals surface area contributed by atoms with E-state index in [1.807, 2.05) is 24.3 Å². The molecular formula is C14H11BrN4. The lowest BCUT2D eigenvalue weighted by molar-refractivity contribution is 1.21. The number of aromatic nitrogens is 2. The number of anilines is 3. The van der Waals surface area contributed by atoms with Crippen molar-refractivity contribution in [1.29, 1.82) is 0 Å². The highest BCUT2D eigenvalue weighted by Gasteiger charge is 2.04. The predicted molar refractivity (Wildman–Crippen MR) is 81.4 cm³/mol. The van der Waals surface area contributed by atoms with Crippen LogP contribution in [0.1, 0.15) is 0 Å². The minimum atomic E-state index is 0.409. The zero-order chi connectivity index (χ0) is 13.2. The van der Waals surface area contributed by atoms with E-state index >= 15 is 0 Å². The molecule has 0 aliphatic rings. The van der Waals surface area contributed by atoms with Crippen LogP contribution in [-0.4, -0.2) is 9.97 Å². The Labute approximate surface area is 118 Å². The molecule has 0 radical (unpaired) electrons. The lowest BCUT2D eigenvalue weighted by atomic mass is 10.1. The van der Waals surface area contributed by atoms with Crippen LogP contribution < -0.4 is 11.1 Å². The van der Waals surface area contributed by atoms with Crippen molar-refractivity contribution in [3.8, 4) is 0 Å². The molecule has 4 nitrogen and oxygen atoms in total. The highest BCUT2D eigenvalue weighted by atomic mass is 79.9. The predicted octanol–water partition coefficient (Wildman–Crippen LogP) is 3.72. The van der Waals surface area contributed by atoms with Crippen molar-refractivity contribution in [2.45, 2.75) is 0 Å². The molecule has 1 heterocycles. The summed E-state index contributed by atoms with van der Waals surface area (Å²) in [4.78, 5) is 8.21. The van der Waals surface area contributed by atoms with Gasteiger partial charge in [0.2, 0.25) is 0 Å². The van der Waals surface area contributed by atoms with Gasteiger partial charge in [-0.25, -0.2) is 9.97 Å². The van der Waals surface area contributed by atoms with Crippen molar-refractivity contribution in [2.24, 2.45) is 0 Å². The second-order valence-electron chi connectivity index (χ2n) is 4.09. The van der Waals surface area contributed by atoms with Gasteiger partial charge in [0, 0.05) is 15.5 Å². The van der Waals surface area contributed by atoms with Gasteiger partial charge < -0.3 is 11.1 Å². The van der Waals surface area contributed by atoms with Crippen LogP contribution in [0, 0.1) is 0 Å². The molecule has 0 atom stereocenters. The van der Waals surface area contributed by atoms with Crippen molar-refractivity contribution in [3.05, 3.63) is 53.3 Å². The first-order valence-electron chi connectivity index (χ1n) is 5.76. The Kier molecular flexibility index (Phi) is 3.05. The van der Waals surface area contributed by atoms with Crippen LogP contribution in [0.2, 0.25) is 0 Å². The molecule has 0 bridgehead atoms. The van der Waals surface area contributed by atoms with Crippen molar-refractivity contribution in [1.82, 2.24) is 9.97 Å². The minimum Gasteiger partial charge on any atom is -0.382 e. The molecule has 3 N–H and O–H groups in total. The maximum atomic E-state index is 5.52. The number of nitrogens with two attached hydrogens (primary N) is 1. The third-order valence-electron chi connectivity index (χ3n) is 2.81. The zero-order valence-corrected chi connectivity index (χ0v) is 11.6. The van der Waals surface area contributed by atoms with E-state index in [0.717, 1.165) is 20.9 Å². The standard InChI is InChI=1S/C14H11BrN4/c15-11-5-6-12(10-4-2-1-3-9(10)11)19-14-8-17-13(16)7-18-14/h1-8H,(H2,16,17)(H,18,19). The van der Waals surface area contributed by atoms with Crippen LogP contribution in [0.15, 0.2) is 53.3 Å². The van der Waals surface area contributed by atoms with E-state index in [9.17, 15) is 0 Å². The number of hydrogen-bond donors (Lipinski definition) is 2. The first-order valence-corrected chi connectivity index (χ1v) is 6.55. The van der Waals surface area contributed by atoms with Gasteiger partial charge in [-0.1, -0.05) is 40.2 Å². The fourth-order valence-electron chi connectivity index (χ4n) is 1.91. The summed E-state index contributed by atoms with van der Waals surface area (Å²) in [6.07, 6.45) is 3.15. The highest BCUT2D eigenvalue weighted by molar-refractivity contribution is 9.10. The first kappa shape index (κ1) is 11.9. The Balaban J connectivity index is 2.06. The van der Waals surface area contributed by atoms with Crippen LogP contribution in [-0.2, 0) is 0 Å². The molecule has 0 saturated carbocycles. The van der Waals surface area contributed by atoms with E-state index in [-0.39, 0.29) is 0 Å². The lowest BCUT2D eigenvalue weighted by Crippen LogP contribution is -1.97. The maximum absolute atomic E-state index is 5.52. The average molecular weight is 315 g/mol. The Morgan fingerprint density at radius 1 is 0.947 bits per heavy atom. The lowest BCUT2D eigenvalue weighted by Gasteiger charge is -2.10. The molecule has 0 unspecified atom stereocenters. The summed E-state index contributed by atoms with van der Waals surface area (Å²) in [5, 5.41) is 5.52. The van der Waals surface area contributed by atoms with Crippen molar-refractivity contribution in [3.63, 3.8) is 0 Å². The van der Waals surface area contributed by atoms with Crippen molar-refractivity contribution in [2.75, 3.05) is 11.1 Å². The van der Waals surface area contributed by atoms with Crippen LogP contribution in [0.5, 0.6) is 0 Å². The summed E-state index contributed by atoms with van der Waals surface area (Å²) < 4.78 is 1.07. The maximum Gasteiger partial charge on any atom is 0.149 e. The molecule has 0 saturated heterocycles. The summed E-state index contributed by atoms with van der Waals surface area (Å²) in [5.41, 5.74) is 6.51. The number of fused-ring (bicyclic) bond motifs is 1. The molecule has 0 amide bonds. The second-order valence-corrected chi connectivity index (χ2v) is 4.95. The molecule has 0 aliphatic heterocycles. The Morgan fingerprint density at radius 2 is 1.74 bits per heavy atom. The van der Waals surface area contributed by atoms with Crippen LogP contribution >= 0.6 is 15.9 Å². The number of nitrogens with zero attached hydrogens (tertiary/aromatic N) is 2. The Hall–Kier alpha value is -2.14. The van der Waals surface area contributed by atoms with Gasteiger partial charge in [0.05, 0.1) is 12.4 Å².